The van der Waals surface area contributed by atoms with Gasteiger partial charge >= 0.3 is 0 Å². The van der Waals surface area contributed by atoms with Crippen LogP contribution in [0.4, 0.5) is 0 Å². The van der Waals surface area contributed by atoms with E-state index in [1.54, 1.807) is 7.11 Å². The normalized spacial score (nSPS) is 29.1. The lowest BCUT2D eigenvalue weighted by Gasteiger charge is -2.29. The summed E-state index contributed by atoms with van der Waals surface area (Å²) in [5, 5.41) is 9.53. The summed E-state index contributed by atoms with van der Waals surface area (Å²) < 4.78 is 5.39. The lowest BCUT2D eigenvalue weighted by atomic mass is 9.82. The molecule has 0 amide bonds. The van der Waals surface area contributed by atoms with Crippen LogP contribution in [0.5, 0.6) is 0 Å². The van der Waals surface area contributed by atoms with Crippen molar-refractivity contribution in [2.75, 3.05) is 7.11 Å². The van der Waals surface area contributed by atoms with Crippen LogP contribution >= 0.6 is 0 Å². The summed E-state index contributed by atoms with van der Waals surface area (Å²) >= 11 is 0. The van der Waals surface area contributed by atoms with Gasteiger partial charge in [-0.15, -0.1) is 0 Å². The molecule has 1 aliphatic rings. The number of rotatable bonds is 4. The van der Waals surface area contributed by atoms with Crippen molar-refractivity contribution in [2.45, 2.75) is 64.1 Å². The molecule has 0 saturated heterocycles. The molecule has 2 unspecified atom stereocenters. The highest BCUT2D eigenvalue weighted by molar-refractivity contribution is 4.76. The average molecular weight is 200 g/mol. The first-order chi connectivity index (χ1) is 6.53. The molecule has 0 aromatic rings. The highest BCUT2D eigenvalue weighted by Crippen LogP contribution is 2.30. The highest BCUT2D eigenvalue weighted by Gasteiger charge is 2.23. The van der Waals surface area contributed by atoms with Gasteiger partial charge in [-0.3, -0.25) is 0 Å². The predicted molar refractivity (Wildman–Crippen MR) is 58.3 cm³/mol. The van der Waals surface area contributed by atoms with Crippen molar-refractivity contribution >= 4 is 0 Å². The second kappa shape index (κ2) is 5.13. The molecule has 1 fully saturated rings. The van der Waals surface area contributed by atoms with E-state index < -0.39 is 0 Å². The Hall–Kier alpha value is -0.0800. The van der Waals surface area contributed by atoms with Crippen molar-refractivity contribution in [2.24, 2.45) is 5.92 Å². The topological polar surface area (TPSA) is 29.5 Å². The van der Waals surface area contributed by atoms with E-state index >= 15 is 0 Å². The Morgan fingerprint density at radius 3 is 2.64 bits per heavy atom. The molecule has 0 aromatic heterocycles. The Kier molecular flexibility index (Phi) is 4.39. The van der Waals surface area contributed by atoms with Crippen LogP contribution in [0.2, 0.25) is 0 Å². The van der Waals surface area contributed by atoms with Gasteiger partial charge in [-0.2, -0.15) is 0 Å². The maximum atomic E-state index is 9.53. The molecule has 0 radical (unpaired) electrons. The van der Waals surface area contributed by atoms with E-state index in [4.69, 9.17) is 4.74 Å². The van der Waals surface area contributed by atoms with Crippen LogP contribution in [-0.4, -0.2) is 23.9 Å². The molecule has 0 aliphatic heterocycles. The number of hydrogen-bond acceptors (Lipinski definition) is 2. The molecule has 0 aromatic carbocycles. The standard InChI is InChI=1S/C12H24O2/c1-12(2,14-3)8-7-10-5-4-6-11(13)9-10/h10-11,13H,4-9H2,1-3H3. The Morgan fingerprint density at radius 2 is 2.07 bits per heavy atom. The van der Waals surface area contributed by atoms with E-state index in [1.807, 2.05) is 0 Å². The minimum absolute atomic E-state index is 0.00238. The number of aliphatic hydroxyl groups excluding tert-OH is 1. The summed E-state index contributed by atoms with van der Waals surface area (Å²) in [6.45, 7) is 4.26. The van der Waals surface area contributed by atoms with Crippen LogP contribution in [-0.2, 0) is 4.74 Å². The summed E-state index contributed by atoms with van der Waals surface area (Å²) in [6.07, 6.45) is 6.73. The summed E-state index contributed by atoms with van der Waals surface area (Å²) in [6, 6.07) is 0. The van der Waals surface area contributed by atoms with Crippen LogP contribution in [0.3, 0.4) is 0 Å². The van der Waals surface area contributed by atoms with E-state index in [1.165, 1.54) is 19.3 Å². The lowest BCUT2D eigenvalue weighted by molar-refractivity contribution is 0.00520. The SMILES string of the molecule is COC(C)(C)CCC1CCCC(O)C1. The summed E-state index contributed by atoms with van der Waals surface area (Å²) in [7, 11) is 1.77. The third-order valence-corrected chi connectivity index (χ3v) is 3.46. The summed E-state index contributed by atoms with van der Waals surface area (Å²) in [5.74, 6) is 0.716. The van der Waals surface area contributed by atoms with Crippen molar-refractivity contribution in [3.8, 4) is 0 Å². The van der Waals surface area contributed by atoms with Crippen LogP contribution in [0, 0.1) is 5.92 Å². The van der Waals surface area contributed by atoms with Gasteiger partial charge in [0, 0.05) is 7.11 Å². The van der Waals surface area contributed by atoms with Crippen molar-refractivity contribution in [3.63, 3.8) is 0 Å². The number of aliphatic hydroxyl groups is 1. The molecule has 1 N–H and O–H groups in total. The van der Waals surface area contributed by atoms with Crippen LogP contribution in [0.15, 0.2) is 0 Å². The third-order valence-electron chi connectivity index (χ3n) is 3.46. The minimum atomic E-state index is -0.0422. The van der Waals surface area contributed by atoms with Gasteiger partial charge in [0.15, 0.2) is 0 Å². The van der Waals surface area contributed by atoms with Crippen LogP contribution < -0.4 is 0 Å². The monoisotopic (exact) mass is 200 g/mol. The van der Waals surface area contributed by atoms with Gasteiger partial charge in [0.05, 0.1) is 11.7 Å². The zero-order valence-electron chi connectivity index (χ0n) is 9.75. The van der Waals surface area contributed by atoms with Gasteiger partial charge in [-0.25, -0.2) is 0 Å². The van der Waals surface area contributed by atoms with Gasteiger partial charge in [0.1, 0.15) is 0 Å². The van der Waals surface area contributed by atoms with E-state index in [2.05, 4.69) is 13.8 Å². The molecule has 2 nitrogen and oxygen atoms in total. The molecule has 0 heterocycles. The molecule has 0 bridgehead atoms. The zero-order chi connectivity index (χ0) is 10.6. The lowest BCUT2D eigenvalue weighted by Crippen LogP contribution is -2.26. The van der Waals surface area contributed by atoms with Crippen LogP contribution in [0.25, 0.3) is 0 Å². The van der Waals surface area contributed by atoms with E-state index in [-0.39, 0.29) is 11.7 Å². The Morgan fingerprint density at radius 1 is 1.36 bits per heavy atom. The van der Waals surface area contributed by atoms with Gasteiger partial charge in [-0.1, -0.05) is 12.8 Å². The maximum Gasteiger partial charge on any atom is 0.0622 e. The fraction of sp³-hybridized carbons (Fsp3) is 1.00. The van der Waals surface area contributed by atoms with Crippen LogP contribution in [0.1, 0.15) is 52.4 Å². The number of hydrogen-bond donors (Lipinski definition) is 1. The molecule has 0 spiro atoms. The molecule has 84 valence electrons. The van der Waals surface area contributed by atoms with Crippen molar-refractivity contribution < 1.29 is 9.84 Å². The largest absolute Gasteiger partial charge is 0.393 e. The maximum absolute atomic E-state index is 9.53. The molecule has 2 atom stereocenters. The Bertz CT molecular complexity index is 166. The summed E-state index contributed by atoms with van der Waals surface area (Å²) in [5.41, 5.74) is 0.00238. The highest BCUT2D eigenvalue weighted by atomic mass is 16.5. The number of ether oxygens (including phenoxy) is 1. The molecule has 2 heteroatoms. The molecule has 1 rings (SSSR count). The molecule has 14 heavy (non-hydrogen) atoms. The first-order valence-corrected chi connectivity index (χ1v) is 5.77. The second-order valence-corrected chi connectivity index (χ2v) is 5.19. The minimum Gasteiger partial charge on any atom is -0.393 e. The van der Waals surface area contributed by atoms with Gasteiger partial charge in [0.2, 0.25) is 0 Å². The first kappa shape index (κ1) is 12.0. The Balaban J connectivity index is 2.23. The second-order valence-electron chi connectivity index (χ2n) is 5.19. The third kappa shape index (κ3) is 3.97. The van der Waals surface area contributed by atoms with Gasteiger partial charge in [0.25, 0.3) is 0 Å². The number of methoxy groups -OCH3 is 1. The average Bonchev–Trinajstić information content (AvgIpc) is 2.15. The van der Waals surface area contributed by atoms with Gasteiger partial charge in [-0.05, 0) is 45.4 Å². The smallest absolute Gasteiger partial charge is 0.0622 e. The van der Waals surface area contributed by atoms with E-state index in [0.717, 1.165) is 19.3 Å². The van der Waals surface area contributed by atoms with Gasteiger partial charge < -0.3 is 9.84 Å². The predicted octanol–water partition coefficient (Wildman–Crippen LogP) is 2.74. The first-order valence-electron chi connectivity index (χ1n) is 5.77. The van der Waals surface area contributed by atoms with Crippen molar-refractivity contribution in [3.05, 3.63) is 0 Å². The van der Waals surface area contributed by atoms with E-state index in [0.29, 0.717) is 5.92 Å². The molecule has 1 aliphatic carbocycles. The fourth-order valence-electron chi connectivity index (χ4n) is 2.18. The fourth-order valence-corrected chi connectivity index (χ4v) is 2.18. The zero-order valence-corrected chi connectivity index (χ0v) is 9.75. The molecular formula is C12H24O2. The Labute approximate surface area is 87.7 Å². The van der Waals surface area contributed by atoms with E-state index in [9.17, 15) is 5.11 Å². The van der Waals surface area contributed by atoms with Crippen molar-refractivity contribution in [1.82, 2.24) is 0 Å². The summed E-state index contributed by atoms with van der Waals surface area (Å²) in [4.78, 5) is 0. The molecule has 1 saturated carbocycles. The quantitative estimate of drug-likeness (QED) is 0.756. The van der Waals surface area contributed by atoms with Crippen molar-refractivity contribution in [1.29, 1.82) is 0 Å². The molecular weight excluding hydrogens is 176 g/mol.